The van der Waals surface area contributed by atoms with Crippen LogP contribution in [0.3, 0.4) is 0 Å². The van der Waals surface area contributed by atoms with Crippen LogP contribution in [0.4, 0.5) is 5.69 Å². The minimum atomic E-state index is -3.94. The van der Waals surface area contributed by atoms with E-state index < -0.39 is 16.1 Å². The number of halogens is 1. The number of nitrogens with one attached hydrogen (secondary N) is 2. The number of phenolic OH excluding ortho intramolecular Hbond substituents is 1. The number of nitrogens with zero attached hydrogens (tertiary/aromatic N) is 3. The first-order valence-corrected chi connectivity index (χ1v) is 11.1. The summed E-state index contributed by atoms with van der Waals surface area (Å²) >= 11 is 3.26. The first-order valence-electron chi connectivity index (χ1n) is 8.91. The maximum Gasteiger partial charge on any atom is 0.345 e. The molecule has 0 unspecified atom stereocenters. The first kappa shape index (κ1) is 23.1. The Morgan fingerprint density at radius 1 is 1.38 bits per heavy atom. The van der Waals surface area contributed by atoms with E-state index >= 15 is 0 Å². The molecule has 2 rings (SSSR count). The first-order chi connectivity index (χ1) is 13.2. The number of aliphatic imine (C=N–C) groups is 1. The highest BCUT2D eigenvalue weighted by Gasteiger charge is 2.29. The van der Waals surface area contributed by atoms with Crippen molar-refractivity contribution in [1.29, 1.82) is 0 Å². The smallest absolute Gasteiger partial charge is 0.345 e. The number of rotatable bonds is 4. The van der Waals surface area contributed by atoms with Gasteiger partial charge in [0.1, 0.15) is 0 Å². The van der Waals surface area contributed by atoms with E-state index in [0.29, 0.717) is 4.47 Å². The number of phenols is 1. The molecular formula is C18H26BrN5O4S. The molecule has 3 N–H and O–H groups in total. The molecule has 11 heteroatoms. The highest BCUT2D eigenvalue weighted by Crippen LogP contribution is 2.34. The van der Waals surface area contributed by atoms with Crippen LogP contribution in [0.5, 0.6) is 5.75 Å². The molecule has 1 aliphatic heterocycles. The average molecular weight is 488 g/mol. The molecule has 1 atom stereocenters. The second-order valence-corrected chi connectivity index (χ2v) is 10.4. The van der Waals surface area contributed by atoms with Crippen LogP contribution in [0.2, 0.25) is 0 Å². The number of carbonyl (C=O) groups is 1. The molecule has 0 saturated heterocycles. The molecule has 1 aromatic rings. The van der Waals surface area contributed by atoms with Crippen molar-refractivity contribution in [2.45, 2.75) is 40.2 Å². The largest absolute Gasteiger partial charge is 0.505 e. The maximum atomic E-state index is 12.4. The van der Waals surface area contributed by atoms with Gasteiger partial charge < -0.3 is 15.3 Å². The second-order valence-electron chi connectivity index (χ2n) is 8.25. The van der Waals surface area contributed by atoms with Gasteiger partial charge in [-0.3, -0.25) is 9.79 Å². The molecule has 0 fully saturated rings. The van der Waals surface area contributed by atoms with Crippen molar-refractivity contribution in [2.24, 2.45) is 14.8 Å². The lowest BCUT2D eigenvalue weighted by molar-refractivity contribution is 0.0824. The normalized spacial score (nSPS) is 18.2. The van der Waals surface area contributed by atoms with E-state index in [9.17, 15) is 18.3 Å². The Bertz CT molecular complexity index is 981. The number of amides is 1. The van der Waals surface area contributed by atoms with Crippen LogP contribution in [0.25, 0.3) is 0 Å². The highest BCUT2D eigenvalue weighted by molar-refractivity contribution is 9.10. The van der Waals surface area contributed by atoms with Crippen LogP contribution < -0.4 is 10.0 Å². The molecular weight excluding hydrogens is 462 g/mol. The SMILES string of the molecule is C[C@@H](CC(C)(C)C)N=C1NS(=O)(=O)N=C1Nc1ccc(Br)c(C(=O)N(C)C)c1O. The van der Waals surface area contributed by atoms with Crippen LogP contribution >= 0.6 is 15.9 Å². The van der Waals surface area contributed by atoms with E-state index in [1.54, 1.807) is 20.2 Å². The summed E-state index contributed by atoms with van der Waals surface area (Å²) in [4.78, 5) is 18.1. The van der Waals surface area contributed by atoms with Crippen molar-refractivity contribution in [1.82, 2.24) is 9.62 Å². The molecule has 1 amide bonds. The van der Waals surface area contributed by atoms with Crippen LogP contribution in [0.15, 0.2) is 26.0 Å². The molecule has 0 aromatic heterocycles. The Morgan fingerprint density at radius 2 is 2.00 bits per heavy atom. The zero-order valence-electron chi connectivity index (χ0n) is 17.2. The van der Waals surface area contributed by atoms with Gasteiger partial charge in [-0.2, -0.15) is 8.42 Å². The lowest BCUT2D eigenvalue weighted by Gasteiger charge is -2.21. The zero-order chi connectivity index (χ0) is 22.1. The van der Waals surface area contributed by atoms with Crippen molar-refractivity contribution in [3.05, 3.63) is 22.2 Å². The number of hydrogen-bond acceptors (Lipinski definition) is 6. The summed E-state index contributed by atoms with van der Waals surface area (Å²) in [5.41, 5.74) is 0.193. The Balaban J connectivity index is 2.41. The summed E-state index contributed by atoms with van der Waals surface area (Å²) in [5, 5.41) is 13.4. The predicted octanol–water partition coefficient (Wildman–Crippen LogP) is 2.74. The molecule has 9 nitrogen and oxygen atoms in total. The van der Waals surface area contributed by atoms with Gasteiger partial charge in [0.05, 0.1) is 17.3 Å². The van der Waals surface area contributed by atoms with Gasteiger partial charge in [-0.25, -0.2) is 4.72 Å². The Hall–Kier alpha value is -2.14. The van der Waals surface area contributed by atoms with Crippen LogP contribution in [0, 0.1) is 5.41 Å². The van der Waals surface area contributed by atoms with Gasteiger partial charge in [-0.15, -0.1) is 4.40 Å². The van der Waals surface area contributed by atoms with Gasteiger partial charge in [0.15, 0.2) is 17.4 Å². The molecule has 0 aliphatic carbocycles. The van der Waals surface area contributed by atoms with E-state index in [-0.39, 0.29) is 40.1 Å². The van der Waals surface area contributed by atoms with E-state index in [1.165, 1.54) is 11.0 Å². The van der Waals surface area contributed by atoms with E-state index in [1.807, 2.05) is 6.92 Å². The molecule has 1 aliphatic rings. The fourth-order valence-electron chi connectivity index (χ4n) is 2.90. The minimum Gasteiger partial charge on any atom is -0.505 e. The standard InChI is InChI=1S/C18H26BrN5O4S/c1-10(9-18(2,3)4)20-15-16(23-29(27,28)22-15)21-12-8-7-11(19)13(14(12)25)17(26)24(5)6/h7-8,10,25H,9H2,1-6H3,(H,20,22)(H,21,23)/t10-/m0/s1. The van der Waals surface area contributed by atoms with Crippen molar-refractivity contribution in [3.8, 4) is 5.75 Å². The minimum absolute atomic E-state index is 0.0110. The van der Waals surface area contributed by atoms with Crippen molar-refractivity contribution < 1.29 is 18.3 Å². The number of anilines is 1. The number of aromatic hydroxyl groups is 1. The van der Waals surface area contributed by atoms with Gasteiger partial charge in [-0.1, -0.05) is 20.8 Å². The Labute approximate surface area is 179 Å². The fraction of sp³-hybridized carbons (Fsp3) is 0.500. The molecule has 29 heavy (non-hydrogen) atoms. The third kappa shape index (κ3) is 5.92. The molecule has 0 bridgehead atoms. The molecule has 0 radical (unpaired) electrons. The van der Waals surface area contributed by atoms with Crippen molar-refractivity contribution in [2.75, 3.05) is 19.4 Å². The Kier molecular flexibility index (Phi) is 6.63. The number of hydrogen-bond donors (Lipinski definition) is 3. The topological polar surface area (TPSA) is 123 Å². The molecule has 0 saturated carbocycles. The van der Waals surface area contributed by atoms with Gasteiger partial charge in [-0.05, 0) is 46.8 Å². The summed E-state index contributed by atoms with van der Waals surface area (Å²) in [6, 6.07) is 2.92. The summed E-state index contributed by atoms with van der Waals surface area (Å²) in [6.07, 6.45) is 0.733. The highest BCUT2D eigenvalue weighted by atomic mass is 79.9. The van der Waals surface area contributed by atoms with Gasteiger partial charge in [0, 0.05) is 18.6 Å². The molecule has 1 aromatic carbocycles. The van der Waals surface area contributed by atoms with E-state index in [2.05, 4.69) is 56.1 Å². The summed E-state index contributed by atoms with van der Waals surface area (Å²) in [6.45, 7) is 8.09. The van der Waals surface area contributed by atoms with Crippen molar-refractivity contribution in [3.63, 3.8) is 0 Å². The third-order valence-corrected chi connectivity index (χ3v) is 5.45. The number of amidine groups is 2. The monoisotopic (exact) mass is 487 g/mol. The van der Waals surface area contributed by atoms with E-state index in [4.69, 9.17) is 0 Å². The second kappa shape index (κ2) is 8.31. The molecule has 0 spiro atoms. The Morgan fingerprint density at radius 3 is 2.55 bits per heavy atom. The zero-order valence-corrected chi connectivity index (χ0v) is 19.6. The molecule has 1 heterocycles. The summed E-state index contributed by atoms with van der Waals surface area (Å²) in [5.74, 6) is -0.729. The number of benzene rings is 1. The lowest BCUT2D eigenvalue weighted by Crippen LogP contribution is -2.32. The van der Waals surface area contributed by atoms with Gasteiger partial charge in [0.25, 0.3) is 5.91 Å². The van der Waals surface area contributed by atoms with Crippen LogP contribution in [-0.2, 0) is 10.2 Å². The predicted molar refractivity (Wildman–Crippen MR) is 118 cm³/mol. The maximum absolute atomic E-state index is 12.4. The van der Waals surface area contributed by atoms with Gasteiger partial charge in [0.2, 0.25) is 0 Å². The van der Waals surface area contributed by atoms with Crippen molar-refractivity contribution >= 4 is 49.4 Å². The summed E-state index contributed by atoms with van der Waals surface area (Å²) in [7, 11) is -0.811. The lowest BCUT2D eigenvalue weighted by atomic mass is 9.89. The van der Waals surface area contributed by atoms with Crippen LogP contribution in [0.1, 0.15) is 44.5 Å². The molecule has 160 valence electrons. The fourth-order valence-corrected chi connectivity index (χ4v) is 4.20. The summed E-state index contributed by atoms with van der Waals surface area (Å²) < 4.78 is 30.3. The van der Waals surface area contributed by atoms with E-state index in [0.717, 1.165) is 6.42 Å². The third-order valence-electron chi connectivity index (χ3n) is 3.92. The van der Waals surface area contributed by atoms with Gasteiger partial charge >= 0.3 is 10.2 Å². The van der Waals surface area contributed by atoms with Crippen LogP contribution in [-0.4, -0.2) is 56.1 Å². The average Bonchev–Trinajstić information content (AvgIpc) is 2.81. The quantitative estimate of drug-likeness (QED) is 0.563. The number of carbonyl (C=O) groups excluding carboxylic acids is 1.